The molecule has 2 heterocycles. The molecule has 2 aromatic heterocycles. The number of aromatic amines is 1. The first-order chi connectivity index (χ1) is 11.0. The van der Waals surface area contributed by atoms with E-state index < -0.39 is 5.82 Å². The Morgan fingerprint density at radius 3 is 2.61 bits per heavy atom. The fourth-order valence-corrected chi connectivity index (χ4v) is 2.26. The van der Waals surface area contributed by atoms with Crippen LogP contribution in [0.15, 0.2) is 48.8 Å². The summed E-state index contributed by atoms with van der Waals surface area (Å²) in [5.74, 6) is -0.689. The van der Waals surface area contributed by atoms with Crippen LogP contribution in [-0.2, 0) is 4.79 Å². The highest BCUT2D eigenvalue weighted by Crippen LogP contribution is 2.21. The number of carbonyl (C=O) groups is 2. The van der Waals surface area contributed by atoms with Gasteiger partial charge in [-0.1, -0.05) is 0 Å². The van der Waals surface area contributed by atoms with Crippen molar-refractivity contribution in [3.05, 3.63) is 71.3 Å². The minimum atomic E-state index is -0.391. The van der Waals surface area contributed by atoms with Gasteiger partial charge in [0.15, 0.2) is 11.6 Å². The molecule has 1 N–H and O–H groups in total. The molecular weight excluding hydrogens is 295 g/mol. The van der Waals surface area contributed by atoms with Crippen molar-refractivity contribution in [2.45, 2.75) is 6.92 Å². The van der Waals surface area contributed by atoms with Gasteiger partial charge >= 0.3 is 0 Å². The van der Waals surface area contributed by atoms with E-state index in [4.69, 9.17) is 0 Å². The van der Waals surface area contributed by atoms with Crippen LogP contribution in [0.1, 0.15) is 28.4 Å². The summed E-state index contributed by atoms with van der Waals surface area (Å²) in [5.41, 5.74) is 2.20. The molecule has 0 spiro atoms. The average molecular weight is 308 g/mol. The van der Waals surface area contributed by atoms with Gasteiger partial charge in [-0.15, -0.1) is 0 Å². The first-order valence-corrected chi connectivity index (χ1v) is 7.00. The van der Waals surface area contributed by atoms with Crippen molar-refractivity contribution in [3.8, 4) is 0 Å². The topological polar surface area (TPSA) is 62.8 Å². The molecule has 0 saturated heterocycles. The Balaban J connectivity index is 2.01. The van der Waals surface area contributed by atoms with Crippen LogP contribution >= 0.6 is 0 Å². The maximum Gasteiger partial charge on any atom is 0.194 e. The lowest BCUT2D eigenvalue weighted by molar-refractivity contribution is -0.112. The van der Waals surface area contributed by atoms with E-state index in [1.165, 1.54) is 43.5 Å². The molecule has 0 saturated carbocycles. The van der Waals surface area contributed by atoms with E-state index in [9.17, 15) is 14.0 Å². The molecule has 0 unspecified atom stereocenters. The molecule has 1 aromatic carbocycles. The predicted molar refractivity (Wildman–Crippen MR) is 85.6 cm³/mol. The zero-order valence-electron chi connectivity index (χ0n) is 12.3. The van der Waals surface area contributed by atoms with Gasteiger partial charge in [-0.25, -0.2) is 9.37 Å². The fourth-order valence-electron chi connectivity index (χ4n) is 2.26. The highest BCUT2D eigenvalue weighted by molar-refractivity contribution is 6.10. The van der Waals surface area contributed by atoms with Gasteiger partial charge < -0.3 is 4.98 Å². The number of nitrogens with one attached hydrogen (secondary N) is 1. The number of ketones is 2. The Kier molecular flexibility index (Phi) is 3.85. The van der Waals surface area contributed by atoms with Crippen LogP contribution in [0.5, 0.6) is 0 Å². The third-order valence-corrected chi connectivity index (χ3v) is 3.43. The number of fused-ring (bicyclic) bond motifs is 1. The van der Waals surface area contributed by atoms with Gasteiger partial charge in [0, 0.05) is 34.5 Å². The Morgan fingerprint density at radius 2 is 1.91 bits per heavy atom. The van der Waals surface area contributed by atoms with Crippen LogP contribution in [-0.4, -0.2) is 21.5 Å². The summed E-state index contributed by atoms with van der Waals surface area (Å²) < 4.78 is 13.0. The summed E-state index contributed by atoms with van der Waals surface area (Å²) in [6, 6.07) is 7.09. The largest absolute Gasteiger partial charge is 0.346 e. The second-order valence-electron chi connectivity index (χ2n) is 5.14. The molecule has 0 radical (unpaired) electrons. The van der Waals surface area contributed by atoms with Crippen LogP contribution in [0.3, 0.4) is 0 Å². The van der Waals surface area contributed by atoms with Crippen LogP contribution in [0.4, 0.5) is 4.39 Å². The summed E-state index contributed by atoms with van der Waals surface area (Å²) in [7, 11) is 0. The Hall–Kier alpha value is -3.08. The third kappa shape index (κ3) is 3.08. The predicted octanol–water partition coefficient (Wildman–Crippen LogP) is 3.54. The minimum Gasteiger partial charge on any atom is -0.346 e. The monoisotopic (exact) mass is 308 g/mol. The second-order valence-corrected chi connectivity index (χ2v) is 5.14. The molecular formula is C18H13FN2O2. The smallest absolute Gasteiger partial charge is 0.194 e. The van der Waals surface area contributed by atoms with E-state index >= 15 is 0 Å². The van der Waals surface area contributed by atoms with Crippen LogP contribution in [0, 0.1) is 5.82 Å². The summed E-state index contributed by atoms with van der Waals surface area (Å²) in [4.78, 5) is 30.7. The number of carbonyl (C=O) groups excluding carboxylic acids is 2. The molecule has 0 atom stereocenters. The van der Waals surface area contributed by atoms with Gasteiger partial charge in [-0.3, -0.25) is 9.59 Å². The molecule has 5 heteroatoms. The number of nitrogens with zero attached hydrogens (tertiary/aromatic N) is 1. The number of benzene rings is 1. The molecule has 0 aliphatic rings. The lowest BCUT2D eigenvalue weighted by Gasteiger charge is -2.02. The van der Waals surface area contributed by atoms with Gasteiger partial charge in [0.2, 0.25) is 0 Å². The molecule has 0 fully saturated rings. The molecule has 4 nitrogen and oxygen atoms in total. The van der Waals surface area contributed by atoms with Crippen molar-refractivity contribution >= 4 is 28.7 Å². The van der Waals surface area contributed by atoms with E-state index in [-0.39, 0.29) is 11.6 Å². The zero-order chi connectivity index (χ0) is 16.4. The SMILES string of the molecule is CC(=O)/C=C/c1c[nH]c2ncc(C(=O)c3ccc(F)cc3)cc12. The summed E-state index contributed by atoms with van der Waals surface area (Å²) in [6.07, 6.45) is 6.33. The average Bonchev–Trinajstić information content (AvgIpc) is 2.95. The maximum absolute atomic E-state index is 13.0. The van der Waals surface area contributed by atoms with Crippen LogP contribution < -0.4 is 0 Å². The second kappa shape index (κ2) is 5.96. The van der Waals surface area contributed by atoms with Crippen molar-refractivity contribution in [3.63, 3.8) is 0 Å². The van der Waals surface area contributed by atoms with Gasteiger partial charge in [-0.05, 0) is 49.4 Å². The standard InChI is InChI=1S/C18H13FN2O2/c1-11(22)2-3-13-9-20-18-16(13)8-14(10-21-18)17(23)12-4-6-15(19)7-5-12/h2-10H,1H3,(H,20,21)/b3-2+. The van der Waals surface area contributed by atoms with Crippen LogP contribution in [0.25, 0.3) is 17.1 Å². The highest BCUT2D eigenvalue weighted by Gasteiger charge is 2.12. The quantitative estimate of drug-likeness (QED) is 0.592. The molecule has 0 amide bonds. The Labute approximate surface area is 131 Å². The Bertz CT molecular complexity index is 924. The number of rotatable bonds is 4. The lowest BCUT2D eigenvalue weighted by Crippen LogP contribution is -2.02. The lowest BCUT2D eigenvalue weighted by atomic mass is 10.0. The van der Waals surface area contributed by atoms with E-state index in [1.54, 1.807) is 18.3 Å². The highest BCUT2D eigenvalue weighted by atomic mass is 19.1. The molecule has 0 aliphatic heterocycles. The third-order valence-electron chi connectivity index (χ3n) is 3.43. The molecule has 23 heavy (non-hydrogen) atoms. The van der Waals surface area contributed by atoms with Gasteiger partial charge in [-0.2, -0.15) is 0 Å². The number of aromatic nitrogens is 2. The molecule has 3 rings (SSSR count). The van der Waals surface area contributed by atoms with Crippen molar-refractivity contribution in [2.24, 2.45) is 0 Å². The number of pyridine rings is 1. The molecule has 0 bridgehead atoms. The van der Waals surface area contributed by atoms with Gasteiger partial charge in [0.1, 0.15) is 11.5 Å². The summed E-state index contributed by atoms with van der Waals surface area (Å²) >= 11 is 0. The summed E-state index contributed by atoms with van der Waals surface area (Å²) in [6.45, 7) is 1.47. The van der Waals surface area contributed by atoms with E-state index in [2.05, 4.69) is 9.97 Å². The van der Waals surface area contributed by atoms with Crippen molar-refractivity contribution in [2.75, 3.05) is 0 Å². The van der Waals surface area contributed by atoms with Crippen LogP contribution in [0.2, 0.25) is 0 Å². The normalized spacial score (nSPS) is 11.2. The Morgan fingerprint density at radius 1 is 1.17 bits per heavy atom. The number of allylic oxidation sites excluding steroid dienone is 1. The maximum atomic E-state index is 13.0. The van der Waals surface area contributed by atoms with E-state index in [1.807, 2.05) is 0 Å². The van der Waals surface area contributed by atoms with E-state index in [0.717, 1.165) is 10.9 Å². The van der Waals surface area contributed by atoms with E-state index in [0.29, 0.717) is 16.8 Å². The number of hydrogen-bond donors (Lipinski definition) is 1. The minimum absolute atomic E-state index is 0.0640. The summed E-state index contributed by atoms with van der Waals surface area (Å²) in [5, 5.41) is 0.746. The fraction of sp³-hybridized carbons (Fsp3) is 0.0556. The number of H-pyrrole nitrogens is 1. The van der Waals surface area contributed by atoms with Crippen molar-refractivity contribution in [1.82, 2.24) is 9.97 Å². The first-order valence-electron chi connectivity index (χ1n) is 7.00. The first kappa shape index (κ1) is 14.8. The van der Waals surface area contributed by atoms with Gasteiger partial charge in [0.05, 0.1) is 0 Å². The van der Waals surface area contributed by atoms with Crippen molar-refractivity contribution in [1.29, 1.82) is 0 Å². The molecule has 114 valence electrons. The van der Waals surface area contributed by atoms with Gasteiger partial charge in [0.25, 0.3) is 0 Å². The zero-order valence-corrected chi connectivity index (χ0v) is 12.3. The molecule has 0 aliphatic carbocycles. The molecule has 3 aromatic rings. The van der Waals surface area contributed by atoms with Crippen molar-refractivity contribution < 1.29 is 14.0 Å². The number of halogens is 1. The number of hydrogen-bond acceptors (Lipinski definition) is 3.